The third kappa shape index (κ3) is 1.61. The molecule has 0 aromatic carbocycles. The van der Waals surface area contributed by atoms with Gasteiger partial charge in [0.05, 0.1) is 18.3 Å². The Bertz CT molecular complexity index is 355. The lowest BCUT2D eigenvalue weighted by Crippen LogP contribution is -2.36. The quantitative estimate of drug-likeness (QED) is 0.541. The zero-order valence-electron chi connectivity index (χ0n) is 9.89. The Morgan fingerprint density at radius 1 is 1.18 bits per heavy atom. The maximum atomic E-state index is 12.2. The zero-order valence-corrected chi connectivity index (χ0v) is 9.89. The van der Waals surface area contributed by atoms with Gasteiger partial charge in [0, 0.05) is 6.42 Å². The topological polar surface area (TPSA) is 51.4 Å². The Morgan fingerprint density at radius 3 is 2.94 bits per heavy atom. The van der Waals surface area contributed by atoms with Crippen molar-refractivity contribution >= 4 is 5.97 Å². The molecule has 2 saturated heterocycles. The van der Waals surface area contributed by atoms with E-state index in [-0.39, 0.29) is 18.2 Å². The van der Waals surface area contributed by atoms with Crippen molar-refractivity contribution in [1.82, 2.24) is 0 Å². The van der Waals surface area contributed by atoms with Crippen molar-refractivity contribution in [3.8, 4) is 0 Å². The number of epoxide rings is 2. The summed E-state index contributed by atoms with van der Waals surface area (Å²) in [5, 5.41) is 0. The molecule has 0 aromatic heterocycles. The largest absolute Gasteiger partial charge is 0.460 e. The maximum Gasteiger partial charge on any atom is 0.341 e. The molecule has 2 saturated carbocycles. The van der Waals surface area contributed by atoms with Crippen LogP contribution in [0.5, 0.6) is 0 Å². The van der Waals surface area contributed by atoms with Crippen LogP contribution in [-0.4, -0.2) is 36.0 Å². The molecule has 5 unspecified atom stereocenters. The molecule has 0 N–H and O–H groups in total. The first-order valence-electron chi connectivity index (χ1n) is 6.82. The summed E-state index contributed by atoms with van der Waals surface area (Å²) < 4.78 is 16.7. The summed E-state index contributed by atoms with van der Waals surface area (Å²) in [6, 6.07) is 0. The van der Waals surface area contributed by atoms with Crippen molar-refractivity contribution in [2.75, 3.05) is 0 Å². The number of carbonyl (C=O) groups is 1. The molecule has 4 aliphatic rings. The van der Waals surface area contributed by atoms with Gasteiger partial charge in [0.1, 0.15) is 6.10 Å². The highest BCUT2D eigenvalue weighted by Gasteiger charge is 2.64. The van der Waals surface area contributed by atoms with E-state index >= 15 is 0 Å². The molecule has 0 radical (unpaired) electrons. The molecule has 94 valence electrons. The third-order valence-corrected chi connectivity index (χ3v) is 4.66. The summed E-state index contributed by atoms with van der Waals surface area (Å²) in [6.07, 6.45) is 8.06. The van der Waals surface area contributed by atoms with Crippen LogP contribution in [0.4, 0.5) is 0 Å². The number of ether oxygens (including phenoxy) is 3. The Morgan fingerprint density at radius 2 is 2.12 bits per heavy atom. The van der Waals surface area contributed by atoms with E-state index in [9.17, 15) is 4.79 Å². The van der Waals surface area contributed by atoms with E-state index in [1.54, 1.807) is 0 Å². The van der Waals surface area contributed by atoms with Crippen molar-refractivity contribution in [3.05, 3.63) is 0 Å². The number of fused-ring (bicyclic) bond motifs is 2. The Hall–Kier alpha value is -0.610. The van der Waals surface area contributed by atoms with Gasteiger partial charge in [0.25, 0.3) is 0 Å². The number of hydrogen-bond donors (Lipinski definition) is 0. The summed E-state index contributed by atoms with van der Waals surface area (Å²) in [4.78, 5) is 12.2. The molecule has 2 aliphatic heterocycles. The van der Waals surface area contributed by atoms with Crippen LogP contribution in [0, 0.1) is 0 Å². The minimum Gasteiger partial charge on any atom is -0.460 e. The molecule has 0 spiro atoms. The van der Waals surface area contributed by atoms with E-state index in [2.05, 4.69) is 0 Å². The van der Waals surface area contributed by atoms with Crippen LogP contribution >= 0.6 is 0 Å². The normalized spacial score (nSPS) is 51.1. The van der Waals surface area contributed by atoms with Crippen LogP contribution in [-0.2, 0) is 19.0 Å². The van der Waals surface area contributed by atoms with E-state index in [1.807, 2.05) is 0 Å². The molecule has 4 heteroatoms. The first-order valence-corrected chi connectivity index (χ1v) is 6.82. The first kappa shape index (κ1) is 10.3. The van der Waals surface area contributed by atoms with Gasteiger partial charge in [0.15, 0.2) is 5.60 Å². The molecular weight excluding hydrogens is 220 g/mol. The fraction of sp³-hybridized carbons (Fsp3) is 0.923. The van der Waals surface area contributed by atoms with Gasteiger partial charge in [0.2, 0.25) is 0 Å². The number of carbonyl (C=O) groups excluding carboxylic acids is 1. The van der Waals surface area contributed by atoms with Crippen molar-refractivity contribution in [2.45, 2.75) is 75.0 Å². The maximum absolute atomic E-state index is 12.2. The monoisotopic (exact) mass is 238 g/mol. The fourth-order valence-electron chi connectivity index (χ4n) is 3.46. The first-order chi connectivity index (χ1) is 8.28. The van der Waals surface area contributed by atoms with E-state index in [0.717, 1.165) is 38.5 Å². The molecule has 5 atom stereocenters. The molecular formula is C13H18O4. The second-order valence-electron chi connectivity index (χ2n) is 5.80. The average molecular weight is 238 g/mol. The molecule has 4 rings (SSSR count). The van der Waals surface area contributed by atoms with Gasteiger partial charge in [-0.2, -0.15) is 0 Å². The molecule has 17 heavy (non-hydrogen) atoms. The summed E-state index contributed by atoms with van der Waals surface area (Å²) in [5.74, 6) is -0.105. The Labute approximate surface area is 101 Å². The molecule has 0 amide bonds. The van der Waals surface area contributed by atoms with Crippen LogP contribution in [0.1, 0.15) is 44.9 Å². The molecule has 2 heterocycles. The Balaban J connectivity index is 1.37. The van der Waals surface area contributed by atoms with Gasteiger partial charge in [-0.25, -0.2) is 4.79 Å². The predicted molar refractivity (Wildman–Crippen MR) is 58.5 cm³/mol. The number of hydrogen-bond acceptors (Lipinski definition) is 4. The van der Waals surface area contributed by atoms with E-state index in [0.29, 0.717) is 12.2 Å². The molecule has 0 bridgehead atoms. The van der Waals surface area contributed by atoms with Gasteiger partial charge >= 0.3 is 5.97 Å². The van der Waals surface area contributed by atoms with Gasteiger partial charge in [-0.15, -0.1) is 0 Å². The van der Waals surface area contributed by atoms with Gasteiger partial charge in [-0.05, 0) is 32.1 Å². The lowest BCUT2D eigenvalue weighted by atomic mass is 9.89. The number of rotatable bonds is 2. The van der Waals surface area contributed by atoms with E-state index in [1.165, 1.54) is 6.42 Å². The fourth-order valence-corrected chi connectivity index (χ4v) is 3.46. The summed E-state index contributed by atoms with van der Waals surface area (Å²) in [6.45, 7) is 0. The summed E-state index contributed by atoms with van der Waals surface area (Å²) >= 11 is 0. The predicted octanol–water partition coefficient (Wildman–Crippen LogP) is 1.56. The highest BCUT2D eigenvalue weighted by Crippen LogP contribution is 2.49. The average Bonchev–Trinajstić information content (AvgIpc) is 3.22. The SMILES string of the molecule is O=C(OC1CCC2OC2C1)C12CCCCC1O2. The highest BCUT2D eigenvalue weighted by molar-refractivity contribution is 5.83. The van der Waals surface area contributed by atoms with Crippen molar-refractivity contribution < 1.29 is 19.0 Å². The van der Waals surface area contributed by atoms with Crippen LogP contribution in [0.3, 0.4) is 0 Å². The van der Waals surface area contributed by atoms with Gasteiger partial charge in [-0.1, -0.05) is 6.42 Å². The lowest BCUT2D eigenvalue weighted by Gasteiger charge is -2.23. The highest BCUT2D eigenvalue weighted by atomic mass is 16.7. The Kier molecular flexibility index (Phi) is 2.10. The van der Waals surface area contributed by atoms with Crippen molar-refractivity contribution in [2.24, 2.45) is 0 Å². The minimum atomic E-state index is -0.542. The lowest BCUT2D eigenvalue weighted by molar-refractivity contribution is -0.157. The molecule has 4 fully saturated rings. The standard InChI is InChI=1S/C13H18O4/c14-12(13-6-2-1-3-11(13)17-13)15-8-4-5-9-10(7-8)16-9/h8-11H,1-7H2. The van der Waals surface area contributed by atoms with Gasteiger partial charge in [-0.3, -0.25) is 0 Å². The summed E-state index contributed by atoms with van der Waals surface area (Å²) in [7, 11) is 0. The van der Waals surface area contributed by atoms with Crippen LogP contribution in [0.25, 0.3) is 0 Å². The number of esters is 1. The smallest absolute Gasteiger partial charge is 0.341 e. The van der Waals surface area contributed by atoms with Gasteiger partial charge < -0.3 is 14.2 Å². The van der Waals surface area contributed by atoms with Crippen molar-refractivity contribution in [1.29, 1.82) is 0 Å². The van der Waals surface area contributed by atoms with Crippen molar-refractivity contribution in [3.63, 3.8) is 0 Å². The van der Waals surface area contributed by atoms with E-state index < -0.39 is 5.60 Å². The molecule has 0 aromatic rings. The molecule has 2 aliphatic carbocycles. The second kappa shape index (κ2) is 3.45. The second-order valence-corrected chi connectivity index (χ2v) is 5.80. The minimum absolute atomic E-state index is 0.0624. The molecule has 4 nitrogen and oxygen atoms in total. The van der Waals surface area contributed by atoms with E-state index in [4.69, 9.17) is 14.2 Å². The van der Waals surface area contributed by atoms with Crippen LogP contribution in [0.2, 0.25) is 0 Å². The van der Waals surface area contributed by atoms with Crippen LogP contribution in [0.15, 0.2) is 0 Å². The summed E-state index contributed by atoms with van der Waals surface area (Å²) in [5.41, 5.74) is -0.542. The van der Waals surface area contributed by atoms with Crippen LogP contribution < -0.4 is 0 Å². The zero-order chi connectivity index (χ0) is 11.5. The third-order valence-electron chi connectivity index (χ3n) is 4.66.